The number of likely N-dealkylation sites (tertiary alicyclic amines) is 1. The first kappa shape index (κ1) is 18.6. The number of amides is 2. The van der Waals surface area contributed by atoms with Crippen molar-refractivity contribution in [3.05, 3.63) is 23.2 Å². The maximum absolute atomic E-state index is 12.4. The van der Waals surface area contributed by atoms with Crippen molar-refractivity contribution in [1.82, 2.24) is 4.90 Å². The number of carbonyl (C=O) groups is 2. The molecule has 1 aromatic rings. The van der Waals surface area contributed by atoms with Crippen LogP contribution in [0.2, 0.25) is 5.02 Å². The van der Waals surface area contributed by atoms with Gasteiger partial charge in [-0.15, -0.1) is 0 Å². The molecule has 0 saturated carbocycles. The Morgan fingerprint density at radius 1 is 1.46 bits per heavy atom. The molecule has 1 saturated heterocycles. The molecule has 5 nitrogen and oxygen atoms in total. The monoisotopic (exact) mass is 352 g/mol. The zero-order valence-corrected chi connectivity index (χ0v) is 15.2. The van der Waals surface area contributed by atoms with Crippen molar-refractivity contribution in [2.45, 2.75) is 33.6 Å². The minimum Gasteiger partial charge on any atom is -0.492 e. The van der Waals surface area contributed by atoms with E-state index in [9.17, 15) is 9.59 Å². The van der Waals surface area contributed by atoms with Gasteiger partial charge in [0.25, 0.3) is 0 Å². The summed E-state index contributed by atoms with van der Waals surface area (Å²) in [5.41, 5.74) is 0.614. The van der Waals surface area contributed by atoms with Gasteiger partial charge in [0.05, 0.1) is 17.5 Å². The molecule has 2 rings (SSSR count). The van der Waals surface area contributed by atoms with Crippen LogP contribution >= 0.6 is 11.6 Å². The number of rotatable bonds is 7. The van der Waals surface area contributed by atoms with E-state index in [0.717, 1.165) is 6.42 Å². The predicted molar refractivity (Wildman–Crippen MR) is 95.4 cm³/mol. The number of hydrogen-bond acceptors (Lipinski definition) is 3. The number of carbonyl (C=O) groups excluding carboxylic acids is 2. The Hall–Kier alpha value is -1.75. The summed E-state index contributed by atoms with van der Waals surface area (Å²) in [7, 11) is 0. The largest absolute Gasteiger partial charge is 0.492 e. The highest BCUT2D eigenvalue weighted by molar-refractivity contribution is 6.32. The van der Waals surface area contributed by atoms with Gasteiger partial charge in [-0.2, -0.15) is 0 Å². The number of ether oxygens (including phenoxy) is 1. The molecule has 1 unspecified atom stereocenters. The third kappa shape index (κ3) is 4.87. The van der Waals surface area contributed by atoms with E-state index in [1.54, 1.807) is 23.1 Å². The first-order chi connectivity index (χ1) is 11.4. The maximum atomic E-state index is 12.4. The molecular weight excluding hydrogens is 328 g/mol. The lowest BCUT2D eigenvalue weighted by Gasteiger charge is -2.18. The summed E-state index contributed by atoms with van der Waals surface area (Å²) in [4.78, 5) is 26.1. The second kappa shape index (κ2) is 8.38. The molecule has 1 aliphatic heterocycles. The molecule has 1 N–H and O–H groups in total. The van der Waals surface area contributed by atoms with E-state index in [-0.39, 0.29) is 24.2 Å². The van der Waals surface area contributed by atoms with E-state index in [4.69, 9.17) is 16.3 Å². The summed E-state index contributed by atoms with van der Waals surface area (Å²) in [6, 6.07) is 5.18. The summed E-state index contributed by atoms with van der Waals surface area (Å²) in [6.07, 6.45) is 1.17. The van der Waals surface area contributed by atoms with Gasteiger partial charge in [-0.1, -0.05) is 32.4 Å². The van der Waals surface area contributed by atoms with E-state index in [1.165, 1.54) is 0 Å². The summed E-state index contributed by atoms with van der Waals surface area (Å²) in [5, 5.41) is 3.31. The number of anilines is 1. The molecule has 1 atom stereocenters. The molecule has 0 radical (unpaired) electrons. The highest BCUT2D eigenvalue weighted by atomic mass is 35.5. The SMILES string of the molecule is CCCOc1ccc(NC(=O)C2CC(=O)N(CC(C)C)C2)cc1Cl. The van der Waals surface area contributed by atoms with Gasteiger partial charge < -0.3 is 15.0 Å². The fourth-order valence-corrected chi connectivity index (χ4v) is 2.95. The van der Waals surface area contributed by atoms with Crippen molar-refractivity contribution in [2.24, 2.45) is 11.8 Å². The Bertz CT molecular complexity index is 604. The van der Waals surface area contributed by atoms with E-state index >= 15 is 0 Å². The van der Waals surface area contributed by atoms with Gasteiger partial charge in [0.2, 0.25) is 11.8 Å². The maximum Gasteiger partial charge on any atom is 0.229 e. The number of benzene rings is 1. The summed E-state index contributed by atoms with van der Waals surface area (Å²) >= 11 is 6.17. The summed E-state index contributed by atoms with van der Waals surface area (Å²) in [6.45, 7) is 7.91. The van der Waals surface area contributed by atoms with Crippen molar-refractivity contribution < 1.29 is 14.3 Å². The topological polar surface area (TPSA) is 58.6 Å². The van der Waals surface area contributed by atoms with Gasteiger partial charge in [0, 0.05) is 25.2 Å². The van der Waals surface area contributed by atoms with Gasteiger partial charge >= 0.3 is 0 Å². The van der Waals surface area contributed by atoms with Crippen LogP contribution in [-0.2, 0) is 9.59 Å². The molecule has 0 aliphatic carbocycles. The second-order valence-electron chi connectivity index (χ2n) is 6.58. The normalized spacial score (nSPS) is 17.5. The molecule has 132 valence electrons. The van der Waals surface area contributed by atoms with Crippen LogP contribution in [0.1, 0.15) is 33.6 Å². The third-order valence-electron chi connectivity index (χ3n) is 3.83. The molecule has 1 heterocycles. The lowest BCUT2D eigenvalue weighted by molar-refractivity contribution is -0.128. The van der Waals surface area contributed by atoms with Crippen LogP contribution in [0.25, 0.3) is 0 Å². The first-order valence-electron chi connectivity index (χ1n) is 8.41. The number of halogens is 1. The number of hydrogen-bond donors (Lipinski definition) is 1. The molecule has 0 aromatic heterocycles. The first-order valence-corrected chi connectivity index (χ1v) is 8.79. The van der Waals surface area contributed by atoms with Gasteiger partial charge in [-0.05, 0) is 30.5 Å². The van der Waals surface area contributed by atoms with Crippen molar-refractivity contribution in [3.8, 4) is 5.75 Å². The van der Waals surface area contributed by atoms with Gasteiger partial charge in [-0.25, -0.2) is 0 Å². The quantitative estimate of drug-likeness (QED) is 0.816. The van der Waals surface area contributed by atoms with Gasteiger partial charge in [0.1, 0.15) is 5.75 Å². The van der Waals surface area contributed by atoms with Crippen LogP contribution in [0.4, 0.5) is 5.69 Å². The van der Waals surface area contributed by atoms with E-state index in [2.05, 4.69) is 19.2 Å². The van der Waals surface area contributed by atoms with Crippen LogP contribution in [-0.4, -0.2) is 36.4 Å². The Labute approximate surface area is 148 Å². The standard InChI is InChI=1S/C18H25ClN2O3/c1-4-7-24-16-6-5-14(9-15(16)19)20-18(23)13-8-17(22)21(11-13)10-12(2)3/h5-6,9,12-13H,4,7-8,10-11H2,1-3H3,(H,20,23). The summed E-state index contributed by atoms with van der Waals surface area (Å²) in [5.74, 6) is 0.588. The van der Waals surface area contributed by atoms with Crippen molar-refractivity contribution in [3.63, 3.8) is 0 Å². The average Bonchev–Trinajstić information content (AvgIpc) is 2.87. The molecule has 1 aromatic carbocycles. The van der Waals surface area contributed by atoms with Crippen LogP contribution in [0, 0.1) is 11.8 Å². The minimum absolute atomic E-state index is 0.0465. The molecule has 2 amide bonds. The van der Waals surface area contributed by atoms with Crippen LogP contribution < -0.4 is 10.1 Å². The number of nitrogens with one attached hydrogen (secondary N) is 1. The van der Waals surface area contributed by atoms with Gasteiger partial charge in [0.15, 0.2) is 0 Å². The Balaban J connectivity index is 1.95. The molecule has 1 fully saturated rings. The highest BCUT2D eigenvalue weighted by Gasteiger charge is 2.34. The summed E-state index contributed by atoms with van der Waals surface area (Å²) < 4.78 is 5.51. The average molecular weight is 353 g/mol. The van der Waals surface area contributed by atoms with Crippen LogP contribution in [0.3, 0.4) is 0 Å². The van der Waals surface area contributed by atoms with Crippen LogP contribution in [0.5, 0.6) is 5.75 Å². The zero-order chi connectivity index (χ0) is 17.7. The van der Waals surface area contributed by atoms with E-state index < -0.39 is 0 Å². The lowest BCUT2D eigenvalue weighted by atomic mass is 10.1. The molecule has 0 spiro atoms. The van der Waals surface area contributed by atoms with Crippen molar-refractivity contribution >= 4 is 29.1 Å². The van der Waals surface area contributed by atoms with Crippen LogP contribution in [0.15, 0.2) is 18.2 Å². The Kier molecular flexibility index (Phi) is 6.49. The van der Waals surface area contributed by atoms with Crippen molar-refractivity contribution in [2.75, 3.05) is 25.0 Å². The molecule has 1 aliphatic rings. The zero-order valence-electron chi connectivity index (χ0n) is 14.5. The molecule has 24 heavy (non-hydrogen) atoms. The second-order valence-corrected chi connectivity index (χ2v) is 6.98. The van der Waals surface area contributed by atoms with E-state index in [0.29, 0.717) is 42.1 Å². The number of nitrogens with zero attached hydrogens (tertiary/aromatic N) is 1. The molecule has 6 heteroatoms. The fourth-order valence-electron chi connectivity index (χ4n) is 2.72. The third-order valence-corrected chi connectivity index (χ3v) is 4.13. The van der Waals surface area contributed by atoms with Crippen molar-refractivity contribution in [1.29, 1.82) is 0 Å². The lowest BCUT2D eigenvalue weighted by Crippen LogP contribution is -2.31. The predicted octanol–water partition coefficient (Wildman–Crippen LogP) is 3.57. The minimum atomic E-state index is -0.314. The Morgan fingerprint density at radius 2 is 2.21 bits per heavy atom. The Morgan fingerprint density at radius 3 is 2.83 bits per heavy atom. The molecular formula is C18H25ClN2O3. The fraction of sp³-hybridized carbons (Fsp3) is 0.556. The smallest absolute Gasteiger partial charge is 0.229 e. The highest BCUT2D eigenvalue weighted by Crippen LogP contribution is 2.28. The van der Waals surface area contributed by atoms with E-state index in [1.807, 2.05) is 6.92 Å². The molecule has 0 bridgehead atoms. The van der Waals surface area contributed by atoms with Gasteiger partial charge in [-0.3, -0.25) is 9.59 Å².